The number of primary amides is 1. The molecule has 0 saturated heterocycles. The van der Waals surface area contributed by atoms with Crippen molar-refractivity contribution >= 4 is 23.2 Å². The number of nitrogens with two attached hydrogens (primary N) is 1. The first-order valence-electron chi connectivity index (χ1n) is 13.8. The number of carbonyl (C=O) groups is 3. The van der Waals surface area contributed by atoms with Crippen LogP contribution in [0.3, 0.4) is 0 Å². The molecule has 1 saturated carbocycles. The first-order chi connectivity index (χ1) is 19.8. The van der Waals surface area contributed by atoms with Crippen LogP contribution in [0.2, 0.25) is 0 Å². The maximum atomic E-state index is 16.1. The molecule has 0 heterocycles. The third-order valence-electron chi connectivity index (χ3n) is 8.82. The molecular formula is C31H34FN3O7. The van der Waals surface area contributed by atoms with Crippen molar-refractivity contribution in [3.63, 3.8) is 0 Å². The number of amides is 1. The molecule has 0 bridgehead atoms. The van der Waals surface area contributed by atoms with Crippen LogP contribution in [0.1, 0.15) is 35.6 Å². The number of phenolic OH excluding ortho intramolecular Hbond substituents is 1. The van der Waals surface area contributed by atoms with E-state index in [-0.39, 0.29) is 41.6 Å². The van der Waals surface area contributed by atoms with Crippen molar-refractivity contribution < 1.29 is 39.2 Å². The number of ketones is 2. The zero-order valence-corrected chi connectivity index (χ0v) is 23.6. The van der Waals surface area contributed by atoms with Gasteiger partial charge >= 0.3 is 0 Å². The van der Waals surface area contributed by atoms with Gasteiger partial charge in [-0.15, -0.1) is 0 Å². The summed E-state index contributed by atoms with van der Waals surface area (Å²) in [6, 6.07) is 9.68. The summed E-state index contributed by atoms with van der Waals surface area (Å²) >= 11 is 0. The lowest BCUT2D eigenvalue weighted by molar-refractivity contribution is -0.153. The first-order valence-corrected chi connectivity index (χ1v) is 13.8. The van der Waals surface area contributed by atoms with E-state index in [1.807, 2.05) is 42.2 Å². The molecule has 2 aromatic carbocycles. The Labute approximate surface area is 242 Å². The number of fused-ring (bicyclic) bond motifs is 3. The number of aliphatic hydroxyl groups is 3. The number of hydrogen-bond donors (Lipinski definition) is 5. The van der Waals surface area contributed by atoms with Crippen molar-refractivity contribution in [3.8, 4) is 5.75 Å². The monoisotopic (exact) mass is 579 g/mol. The van der Waals surface area contributed by atoms with Gasteiger partial charge < -0.3 is 26.2 Å². The van der Waals surface area contributed by atoms with Crippen LogP contribution >= 0.6 is 0 Å². The van der Waals surface area contributed by atoms with Crippen LogP contribution in [0.15, 0.2) is 53.3 Å². The number of carbonyl (C=O) groups excluding carboxylic acids is 3. The highest BCUT2D eigenvalue weighted by Crippen LogP contribution is 2.53. The smallest absolute Gasteiger partial charge is 0.255 e. The fourth-order valence-corrected chi connectivity index (χ4v) is 6.82. The van der Waals surface area contributed by atoms with Gasteiger partial charge in [-0.05, 0) is 51.0 Å². The Morgan fingerprint density at radius 2 is 1.79 bits per heavy atom. The maximum Gasteiger partial charge on any atom is 0.255 e. The second kappa shape index (κ2) is 10.6. The molecule has 11 heteroatoms. The van der Waals surface area contributed by atoms with Crippen LogP contribution < -0.4 is 5.73 Å². The van der Waals surface area contributed by atoms with Gasteiger partial charge in [-0.1, -0.05) is 37.3 Å². The highest BCUT2D eigenvalue weighted by atomic mass is 19.1. The summed E-state index contributed by atoms with van der Waals surface area (Å²) in [6.07, 6.45) is -0.210. The molecule has 3 aliphatic carbocycles. The van der Waals surface area contributed by atoms with Crippen molar-refractivity contribution in [1.29, 1.82) is 0 Å². The van der Waals surface area contributed by atoms with Crippen molar-refractivity contribution in [3.05, 3.63) is 81.4 Å². The van der Waals surface area contributed by atoms with E-state index >= 15 is 4.39 Å². The van der Waals surface area contributed by atoms with Crippen molar-refractivity contribution in [2.75, 3.05) is 20.6 Å². The lowest BCUT2D eigenvalue weighted by Gasteiger charge is -2.50. The first kappa shape index (κ1) is 29.4. The average molecular weight is 580 g/mol. The van der Waals surface area contributed by atoms with E-state index in [0.29, 0.717) is 13.1 Å². The number of hydrogen-bond acceptors (Lipinski definition) is 9. The third kappa shape index (κ3) is 4.39. The number of nitrogens with zero attached hydrogens (tertiary/aromatic N) is 2. The Morgan fingerprint density at radius 3 is 2.38 bits per heavy atom. The number of likely N-dealkylation sites (N-methyl/N-ethyl adjacent to an activating group) is 1. The molecule has 0 aromatic heterocycles. The minimum atomic E-state index is -2.74. The molecule has 0 unspecified atom stereocenters. The van der Waals surface area contributed by atoms with Gasteiger partial charge in [-0.3, -0.25) is 24.2 Å². The summed E-state index contributed by atoms with van der Waals surface area (Å²) < 4.78 is 16.1. The summed E-state index contributed by atoms with van der Waals surface area (Å²) in [4.78, 5) is 42.6. The molecule has 222 valence electrons. The van der Waals surface area contributed by atoms with Gasteiger partial charge in [0.05, 0.1) is 11.6 Å². The van der Waals surface area contributed by atoms with Crippen LogP contribution in [0.25, 0.3) is 5.76 Å². The summed E-state index contributed by atoms with van der Waals surface area (Å²) in [6.45, 7) is 3.26. The van der Waals surface area contributed by atoms with Crippen LogP contribution in [0.4, 0.5) is 4.39 Å². The number of Topliss-reactive ketones (excluding diaryl/α,β-unsaturated/α-hetero) is 2. The van der Waals surface area contributed by atoms with Gasteiger partial charge in [0.25, 0.3) is 5.91 Å². The van der Waals surface area contributed by atoms with Crippen LogP contribution in [0.5, 0.6) is 5.75 Å². The number of rotatable bonds is 7. The Kier molecular flexibility index (Phi) is 7.46. The van der Waals surface area contributed by atoms with E-state index in [4.69, 9.17) is 5.73 Å². The summed E-state index contributed by atoms with van der Waals surface area (Å²) in [7, 11) is 3.04. The van der Waals surface area contributed by atoms with E-state index in [1.165, 1.54) is 25.1 Å². The fourth-order valence-electron chi connectivity index (χ4n) is 6.82. The van der Waals surface area contributed by atoms with Crippen LogP contribution in [-0.4, -0.2) is 80.0 Å². The van der Waals surface area contributed by atoms with E-state index in [0.717, 1.165) is 5.56 Å². The van der Waals surface area contributed by atoms with E-state index in [9.17, 15) is 34.8 Å². The normalized spacial score (nSPS) is 25.5. The average Bonchev–Trinajstić information content (AvgIpc) is 2.93. The Balaban J connectivity index is 1.59. The van der Waals surface area contributed by atoms with E-state index in [2.05, 4.69) is 0 Å². The lowest BCUT2D eigenvalue weighted by atomic mass is 9.57. The van der Waals surface area contributed by atoms with Crippen LogP contribution in [-0.2, 0) is 33.9 Å². The summed E-state index contributed by atoms with van der Waals surface area (Å²) in [5, 5.41) is 44.8. The number of phenols is 1. The molecule has 5 rings (SSSR count). The quantitative estimate of drug-likeness (QED) is 0.309. The molecule has 0 aliphatic heterocycles. The fraction of sp³-hybridized carbons (Fsp3) is 0.387. The highest BCUT2D eigenvalue weighted by Gasteiger charge is 2.64. The van der Waals surface area contributed by atoms with Crippen LogP contribution in [0, 0.1) is 17.7 Å². The molecule has 4 atom stereocenters. The Morgan fingerprint density at radius 1 is 1.12 bits per heavy atom. The van der Waals surface area contributed by atoms with Gasteiger partial charge in [0.1, 0.15) is 28.7 Å². The zero-order valence-electron chi connectivity index (χ0n) is 23.6. The predicted octanol–water partition coefficient (Wildman–Crippen LogP) is 2.13. The molecular weight excluding hydrogens is 545 g/mol. The van der Waals surface area contributed by atoms with Gasteiger partial charge in [0.2, 0.25) is 5.78 Å². The number of benzene rings is 2. The number of aromatic hydroxyl groups is 1. The minimum Gasteiger partial charge on any atom is -0.508 e. The molecule has 3 aliphatic rings. The van der Waals surface area contributed by atoms with Crippen molar-refractivity contribution in [2.24, 2.45) is 17.6 Å². The van der Waals surface area contributed by atoms with Gasteiger partial charge in [-0.2, -0.15) is 0 Å². The second-order valence-corrected chi connectivity index (χ2v) is 11.5. The number of aliphatic hydroxyl groups excluding tert-OH is 2. The van der Waals surface area contributed by atoms with Crippen molar-refractivity contribution in [1.82, 2.24) is 9.80 Å². The zero-order chi connectivity index (χ0) is 30.7. The molecule has 0 radical (unpaired) electrons. The summed E-state index contributed by atoms with van der Waals surface area (Å²) in [5.74, 6) is -8.30. The molecule has 6 N–H and O–H groups in total. The van der Waals surface area contributed by atoms with E-state index in [1.54, 1.807) is 0 Å². The molecule has 2 aromatic rings. The Bertz CT molecular complexity index is 1550. The maximum absolute atomic E-state index is 16.1. The number of halogens is 1. The molecule has 42 heavy (non-hydrogen) atoms. The third-order valence-corrected chi connectivity index (χ3v) is 8.82. The summed E-state index contributed by atoms with van der Waals surface area (Å²) in [5.41, 5.74) is 2.41. The molecule has 1 amide bonds. The SMILES string of the molecule is CCN(Cc1ccccc1)Cc1cc(O)c2c(c1F)C[C@H]1C[C@H]3[C@H](N(C)C)C(=O)C(C(N)=O)=C(O)[C@@]3(O)C(=O)C1=C2O. The molecule has 0 spiro atoms. The highest BCUT2D eigenvalue weighted by molar-refractivity contribution is 6.24. The lowest BCUT2D eigenvalue weighted by Crippen LogP contribution is -2.65. The molecule has 10 nitrogen and oxygen atoms in total. The second-order valence-electron chi connectivity index (χ2n) is 11.5. The van der Waals surface area contributed by atoms with E-state index < -0.39 is 69.6 Å². The topological polar surface area (TPSA) is 165 Å². The minimum absolute atomic E-state index is 0.0198. The van der Waals surface area contributed by atoms with Gasteiger partial charge in [0, 0.05) is 35.7 Å². The Hall–Kier alpha value is -4.06. The standard InChI is InChI=1S/C31H34FN3O7/c1-4-35(13-15-8-6-5-7-9-15)14-17-12-20(36)22-18(24(17)32)10-16-11-19-25(34(2)3)27(38)23(30(33)41)29(40)31(19,42)28(39)21(16)26(22)37/h5-9,12,16,19,25,36-37,40,42H,4,10-11,13-14H2,1-3H3,(H2,33,41)/t16-,19-,25-,31-/m0/s1. The molecule has 1 fully saturated rings. The van der Waals surface area contributed by atoms with Gasteiger partial charge in [-0.25, -0.2) is 4.39 Å². The predicted molar refractivity (Wildman–Crippen MR) is 150 cm³/mol. The van der Waals surface area contributed by atoms with Crippen molar-refractivity contribution in [2.45, 2.75) is 44.5 Å². The van der Waals surface area contributed by atoms with Gasteiger partial charge in [0.15, 0.2) is 11.4 Å². The largest absolute Gasteiger partial charge is 0.508 e.